The second-order valence-corrected chi connectivity index (χ2v) is 6.15. The molecule has 0 radical (unpaired) electrons. The monoisotopic (exact) mass is 309 g/mol. The Kier molecular flexibility index (Phi) is 4.96. The minimum atomic E-state index is 0.113. The predicted octanol–water partition coefficient (Wildman–Crippen LogP) is 4.28. The van der Waals surface area contributed by atoms with Crippen LogP contribution in [0.4, 0.5) is 0 Å². The number of carbonyl (C=O) groups is 1. The first kappa shape index (κ1) is 15.6. The molecule has 3 nitrogen and oxygen atoms in total. The number of rotatable bonds is 4. The van der Waals surface area contributed by atoms with Gasteiger partial charge in [-0.25, -0.2) is 0 Å². The van der Waals surface area contributed by atoms with Crippen LogP contribution in [0.15, 0.2) is 54.6 Å². The molecule has 1 heterocycles. The van der Waals surface area contributed by atoms with Gasteiger partial charge in [0.1, 0.15) is 12.4 Å². The number of carbonyl (C=O) groups excluding carboxylic acids is 1. The summed E-state index contributed by atoms with van der Waals surface area (Å²) >= 11 is 0. The second-order valence-electron chi connectivity index (χ2n) is 6.15. The molecule has 0 N–H and O–H groups in total. The van der Waals surface area contributed by atoms with Crippen molar-refractivity contribution in [2.24, 2.45) is 0 Å². The number of hydrogen-bond acceptors (Lipinski definition) is 2. The van der Waals surface area contributed by atoms with Gasteiger partial charge in [0, 0.05) is 18.2 Å². The Morgan fingerprint density at radius 1 is 1.13 bits per heavy atom. The third-order valence-corrected chi connectivity index (χ3v) is 4.39. The van der Waals surface area contributed by atoms with Gasteiger partial charge in [-0.3, -0.25) is 4.79 Å². The highest BCUT2D eigenvalue weighted by Crippen LogP contribution is 2.21. The molecule has 1 amide bonds. The summed E-state index contributed by atoms with van der Waals surface area (Å²) in [6.45, 7) is 3.50. The average Bonchev–Trinajstić information content (AvgIpc) is 2.61. The number of likely N-dealkylation sites (tertiary alicyclic amines) is 1. The molecule has 2 aromatic carbocycles. The van der Waals surface area contributed by atoms with Gasteiger partial charge < -0.3 is 9.64 Å². The van der Waals surface area contributed by atoms with E-state index in [1.54, 1.807) is 0 Å². The third-order valence-electron chi connectivity index (χ3n) is 4.39. The number of benzene rings is 2. The van der Waals surface area contributed by atoms with E-state index in [9.17, 15) is 4.79 Å². The standard InChI is InChI=1S/C20H23NO2/c1-16-8-5-6-13-21(16)20(22)18-11-7-12-19(14-18)23-15-17-9-3-2-4-10-17/h2-4,7,9-12,14,16H,5-6,8,13,15H2,1H3/t16-/m1/s1. The van der Waals surface area contributed by atoms with E-state index in [-0.39, 0.29) is 5.91 Å². The van der Waals surface area contributed by atoms with Gasteiger partial charge in [-0.15, -0.1) is 0 Å². The summed E-state index contributed by atoms with van der Waals surface area (Å²) in [6, 6.07) is 17.9. The van der Waals surface area contributed by atoms with Crippen molar-refractivity contribution in [3.63, 3.8) is 0 Å². The fourth-order valence-corrected chi connectivity index (χ4v) is 3.03. The summed E-state index contributed by atoms with van der Waals surface area (Å²) in [6.07, 6.45) is 3.40. The van der Waals surface area contributed by atoms with Crippen molar-refractivity contribution in [3.05, 3.63) is 65.7 Å². The lowest BCUT2D eigenvalue weighted by Crippen LogP contribution is -2.42. The van der Waals surface area contributed by atoms with Crippen LogP contribution in [-0.4, -0.2) is 23.4 Å². The molecular weight excluding hydrogens is 286 g/mol. The molecule has 1 aliphatic heterocycles. The van der Waals surface area contributed by atoms with Gasteiger partial charge >= 0.3 is 0 Å². The molecular formula is C20H23NO2. The van der Waals surface area contributed by atoms with Crippen LogP contribution in [0.5, 0.6) is 5.75 Å². The molecule has 1 fully saturated rings. The lowest BCUT2D eigenvalue weighted by atomic mass is 10.0. The maximum atomic E-state index is 12.7. The lowest BCUT2D eigenvalue weighted by Gasteiger charge is -2.33. The van der Waals surface area contributed by atoms with E-state index < -0.39 is 0 Å². The van der Waals surface area contributed by atoms with Crippen LogP contribution in [0, 0.1) is 0 Å². The van der Waals surface area contributed by atoms with Crippen LogP contribution in [0.1, 0.15) is 42.1 Å². The summed E-state index contributed by atoms with van der Waals surface area (Å²) in [7, 11) is 0. The van der Waals surface area contributed by atoms with Crippen molar-refractivity contribution >= 4 is 5.91 Å². The highest BCUT2D eigenvalue weighted by Gasteiger charge is 2.24. The molecule has 3 rings (SSSR count). The summed E-state index contributed by atoms with van der Waals surface area (Å²) in [5.41, 5.74) is 1.83. The topological polar surface area (TPSA) is 29.5 Å². The fraction of sp³-hybridized carbons (Fsp3) is 0.350. The molecule has 0 spiro atoms. The summed E-state index contributed by atoms with van der Waals surface area (Å²) in [5.74, 6) is 0.853. The Labute approximate surface area is 137 Å². The average molecular weight is 309 g/mol. The van der Waals surface area contributed by atoms with Crippen molar-refractivity contribution in [3.8, 4) is 5.75 Å². The van der Waals surface area contributed by atoms with Crippen LogP contribution in [0.25, 0.3) is 0 Å². The fourth-order valence-electron chi connectivity index (χ4n) is 3.03. The van der Waals surface area contributed by atoms with E-state index in [2.05, 4.69) is 6.92 Å². The van der Waals surface area contributed by atoms with E-state index in [0.717, 1.165) is 30.7 Å². The molecule has 0 unspecified atom stereocenters. The number of ether oxygens (including phenoxy) is 1. The van der Waals surface area contributed by atoms with Crippen LogP contribution >= 0.6 is 0 Å². The van der Waals surface area contributed by atoms with Gasteiger partial charge in [-0.2, -0.15) is 0 Å². The molecule has 0 aliphatic carbocycles. The predicted molar refractivity (Wildman–Crippen MR) is 91.6 cm³/mol. The number of nitrogens with zero attached hydrogens (tertiary/aromatic N) is 1. The first-order chi connectivity index (χ1) is 11.2. The van der Waals surface area contributed by atoms with Gasteiger partial charge in [0.2, 0.25) is 0 Å². The second kappa shape index (κ2) is 7.32. The molecule has 2 aromatic rings. The largest absolute Gasteiger partial charge is 0.489 e. The Hall–Kier alpha value is -2.29. The molecule has 3 heteroatoms. The Morgan fingerprint density at radius 2 is 1.96 bits per heavy atom. The Morgan fingerprint density at radius 3 is 2.74 bits per heavy atom. The quantitative estimate of drug-likeness (QED) is 0.843. The number of hydrogen-bond donors (Lipinski definition) is 0. The van der Waals surface area contributed by atoms with Gasteiger partial charge in [0.25, 0.3) is 5.91 Å². The molecule has 0 bridgehead atoms. The van der Waals surface area contributed by atoms with Gasteiger partial charge in [0.15, 0.2) is 0 Å². The minimum Gasteiger partial charge on any atom is -0.489 e. The van der Waals surface area contributed by atoms with Gasteiger partial charge in [-0.05, 0) is 49.9 Å². The SMILES string of the molecule is C[C@@H]1CCCCN1C(=O)c1cccc(OCc2ccccc2)c1. The molecule has 1 aliphatic rings. The van der Waals surface area contributed by atoms with Crippen LogP contribution in [0.2, 0.25) is 0 Å². The van der Waals surface area contributed by atoms with Crippen molar-refractivity contribution < 1.29 is 9.53 Å². The van der Waals surface area contributed by atoms with Crippen molar-refractivity contribution in [1.29, 1.82) is 0 Å². The van der Waals surface area contributed by atoms with Gasteiger partial charge in [0.05, 0.1) is 0 Å². The van der Waals surface area contributed by atoms with Crippen LogP contribution < -0.4 is 4.74 Å². The number of amides is 1. The minimum absolute atomic E-state index is 0.113. The maximum Gasteiger partial charge on any atom is 0.254 e. The van der Waals surface area contributed by atoms with Crippen molar-refractivity contribution in [2.45, 2.75) is 38.8 Å². The Bertz CT molecular complexity index is 654. The molecule has 0 saturated carbocycles. The van der Waals surface area contributed by atoms with Crippen LogP contribution in [0.3, 0.4) is 0 Å². The first-order valence-corrected chi connectivity index (χ1v) is 8.32. The smallest absolute Gasteiger partial charge is 0.254 e. The third kappa shape index (κ3) is 3.92. The van der Waals surface area contributed by atoms with E-state index in [4.69, 9.17) is 4.74 Å². The van der Waals surface area contributed by atoms with E-state index in [0.29, 0.717) is 18.2 Å². The Balaban J connectivity index is 1.68. The molecule has 1 saturated heterocycles. The van der Waals surface area contributed by atoms with E-state index >= 15 is 0 Å². The summed E-state index contributed by atoms with van der Waals surface area (Å²) in [5, 5.41) is 0. The zero-order chi connectivity index (χ0) is 16.1. The normalized spacial score (nSPS) is 17.8. The molecule has 23 heavy (non-hydrogen) atoms. The van der Waals surface area contributed by atoms with Gasteiger partial charge in [-0.1, -0.05) is 36.4 Å². The number of piperidine rings is 1. The van der Waals surface area contributed by atoms with Crippen molar-refractivity contribution in [1.82, 2.24) is 4.90 Å². The lowest BCUT2D eigenvalue weighted by molar-refractivity contribution is 0.0635. The maximum absolute atomic E-state index is 12.7. The zero-order valence-corrected chi connectivity index (χ0v) is 13.6. The highest BCUT2D eigenvalue weighted by atomic mass is 16.5. The van der Waals surface area contributed by atoms with Crippen molar-refractivity contribution in [2.75, 3.05) is 6.54 Å². The molecule has 120 valence electrons. The van der Waals surface area contributed by atoms with E-state index in [1.807, 2.05) is 59.5 Å². The molecule has 1 atom stereocenters. The van der Waals surface area contributed by atoms with Crippen LogP contribution in [-0.2, 0) is 6.61 Å². The highest BCUT2D eigenvalue weighted by molar-refractivity contribution is 5.94. The summed E-state index contributed by atoms with van der Waals surface area (Å²) < 4.78 is 5.83. The zero-order valence-electron chi connectivity index (χ0n) is 13.6. The first-order valence-electron chi connectivity index (χ1n) is 8.32. The summed E-state index contributed by atoms with van der Waals surface area (Å²) in [4.78, 5) is 14.7. The van der Waals surface area contributed by atoms with E-state index in [1.165, 1.54) is 6.42 Å². The molecule has 0 aromatic heterocycles.